The summed E-state index contributed by atoms with van der Waals surface area (Å²) in [5, 5.41) is 19.5. The number of amidine groups is 1. The number of carboxylic acids is 1. The molecule has 1 atom stereocenters. The minimum Gasteiger partial charge on any atom is -0.497 e. The number of benzene rings is 1. The smallest absolute Gasteiger partial charge is 0.305 e. The molecule has 0 bridgehead atoms. The van der Waals surface area contributed by atoms with E-state index in [0.717, 1.165) is 48.0 Å². The van der Waals surface area contributed by atoms with Gasteiger partial charge in [-0.3, -0.25) is 9.59 Å². The number of fused-ring (bicyclic) bond motifs is 1. The maximum Gasteiger partial charge on any atom is 0.305 e. The van der Waals surface area contributed by atoms with Crippen LogP contribution in [0, 0.1) is 0 Å². The molecule has 2 aliphatic rings. The molecule has 0 aromatic heterocycles. The third kappa shape index (κ3) is 3.59. The predicted molar refractivity (Wildman–Crippen MR) is 91.7 cm³/mol. The zero-order valence-electron chi connectivity index (χ0n) is 13.1. The number of amides is 1. The quantitative estimate of drug-likeness (QED) is 0.809. The van der Waals surface area contributed by atoms with E-state index in [1.54, 1.807) is 7.11 Å². The molecule has 1 amide bonds. The van der Waals surface area contributed by atoms with Crippen LogP contribution in [0.4, 0.5) is 0 Å². The minimum absolute atomic E-state index is 0.230. The molecule has 2 N–H and O–H groups in total. The maximum atomic E-state index is 11.7. The van der Waals surface area contributed by atoms with Gasteiger partial charge in [-0.05, 0) is 37.0 Å². The molecule has 1 heterocycles. The summed E-state index contributed by atoms with van der Waals surface area (Å²) >= 11 is 1.10. The van der Waals surface area contributed by atoms with Gasteiger partial charge < -0.3 is 15.2 Å². The number of rotatable bonds is 4. The fourth-order valence-corrected chi connectivity index (χ4v) is 3.61. The molecule has 3 rings (SSSR count). The minimum atomic E-state index is -1.01. The number of aryl methyl sites for hydroxylation is 1. The van der Waals surface area contributed by atoms with Gasteiger partial charge in [-0.2, -0.15) is 5.10 Å². The van der Waals surface area contributed by atoms with Crippen LogP contribution in [0.1, 0.15) is 30.4 Å². The van der Waals surface area contributed by atoms with Crippen molar-refractivity contribution in [3.63, 3.8) is 0 Å². The van der Waals surface area contributed by atoms with Gasteiger partial charge in [0, 0.05) is 5.56 Å². The molecule has 1 saturated heterocycles. The Labute approximate surface area is 143 Å². The normalized spacial score (nSPS) is 23.2. The number of nitrogens with one attached hydrogen (secondary N) is 1. The molecule has 1 aromatic rings. The topological polar surface area (TPSA) is 100 Å². The molecule has 1 aliphatic heterocycles. The number of methoxy groups -OCH3 is 1. The average molecular weight is 347 g/mol. The van der Waals surface area contributed by atoms with Crippen LogP contribution in [0.5, 0.6) is 5.75 Å². The predicted octanol–water partition coefficient (Wildman–Crippen LogP) is 1.80. The fourth-order valence-electron chi connectivity index (χ4n) is 2.70. The highest BCUT2D eigenvalue weighted by Crippen LogP contribution is 2.27. The number of thioether (sulfide) groups is 1. The molecular weight excluding hydrogens is 330 g/mol. The van der Waals surface area contributed by atoms with Crippen LogP contribution in [0.2, 0.25) is 0 Å². The number of carbonyl (C=O) groups is 2. The summed E-state index contributed by atoms with van der Waals surface area (Å²) in [6.45, 7) is 0. The third-order valence-electron chi connectivity index (χ3n) is 3.89. The molecule has 24 heavy (non-hydrogen) atoms. The summed E-state index contributed by atoms with van der Waals surface area (Å²) in [6, 6.07) is 5.91. The number of nitrogens with zero attached hydrogens (tertiary/aromatic N) is 2. The van der Waals surface area contributed by atoms with Crippen LogP contribution >= 0.6 is 11.8 Å². The second-order valence-corrected chi connectivity index (χ2v) is 6.71. The standard InChI is InChI=1S/C16H17N3O4S/c1-23-10-6-5-9-3-2-4-12(11(9)7-10)18-19-16-17-15(22)13(24-16)8-14(20)21/h5-7,13H,2-4,8H2,1H3,(H,20,21)(H,17,19,22)/t13-/m0/s1. The monoisotopic (exact) mass is 347 g/mol. The highest BCUT2D eigenvalue weighted by Gasteiger charge is 2.32. The van der Waals surface area contributed by atoms with Crippen molar-refractivity contribution in [3.05, 3.63) is 29.3 Å². The van der Waals surface area contributed by atoms with E-state index in [9.17, 15) is 9.59 Å². The summed E-state index contributed by atoms with van der Waals surface area (Å²) in [5.41, 5.74) is 3.06. The average Bonchev–Trinajstić information content (AvgIpc) is 2.91. The van der Waals surface area contributed by atoms with Gasteiger partial charge in [-0.15, -0.1) is 5.10 Å². The Morgan fingerprint density at radius 2 is 2.25 bits per heavy atom. The van der Waals surface area contributed by atoms with Crippen molar-refractivity contribution in [1.29, 1.82) is 0 Å². The molecule has 0 unspecified atom stereocenters. The first kappa shape index (κ1) is 16.5. The van der Waals surface area contributed by atoms with Gasteiger partial charge in [0.1, 0.15) is 11.0 Å². The first-order valence-corrected chi connectivity index (χ1v) is 8.46. The summed E-state index contributed by atoms with van der Waals surface area (Å²) in [7, 11) is 1.62. The molecule has 126 valence electrons. The van der Waals surface area contributed by atoms with Gasteiger partial charge in [-0.25, -0.2) is 0 Å². The zero-order chi connectivity index (χ0) is 17.1. The van der Waals surface area contributed by atoms with Crippen molar-refractivity contribution in [1.82, 2.24) is 5.32 Å². The van der Waals surface area contributed by atoms with Gasteiger partial charge in [0.05, 0.1) is 19.2 Å². The van der Waals surface area contributed by atoms with E-state index < -0.39 is 11.2 Å². The lowest BCUT2D eigenvalue weighted by Gasteiger charge is -2.17. The van der Waals surface area contributed by atoms with Crippen LogP contribution in [0.15, 0.2) is 28.4 Å². The Hall–Kier alpha value is -2.35. The number of ether oxygens (including phenoxy) is 1. The van der Waals surface area contributed by atoms with Gasteiger partial charge in [0.2, 0.25) is 5.91 Å². The van der Waals surface area contributed by atoms with Gasteiger partial charge in [-0.1, -0.05) is 17.8 Å². The lowest BCUT2D eigenvalue weighted by molar-refractivity contribution is -0.138. The third-order valence-corrected chi connectivity index (χ3v) is 4.96. The molecule has 1 aromatic carbocycles. The lowest BCUT2D eigenvalue weighted by atomic mass is 9.90. The molecular formula is C16H17N3O4S. The van der Waals surface area contributed by atoms with E-state index in [1.165, 1.54) is 5.56 Å². The van der Waals surface area contributed by atoms with Crippen molar-refractivity contribution in [2.75, 3.05) is 7.11 Å². The number of carboxylic acid groups (broad SMARTS) is 1. The summed E-state index contributed by atoms with van der Waals surface area (Å²) in [4.78, 5) is 22.4. The van der Waals surface area contributed by atoms with E-state index in [0.29, 0.717) is 5.17 Å². The zero-order valence-corrected chi connectivity index (χ0v) is 13.9. The van der Waals surface area contributed by atoms with Crippen LogP contribution in [0.25, 0.3) is 0 Å². The Balaban J connectivity index is 1.81. The number of aliphatic carboxylic acids is 1. The highest BCUT2D eigenvalue weighted by atomic mass is 32.2. The van der Waals surface area contributed by atoms with Crippen molar-refractivity contribution in [2.45, 2.75) is 30.9 Å². The number of hydrogen-bond acceptors (Lipinski definition) is 6. The fraction of sp³-hybridized carbons (Fsp3) is 0.375. The molecule has 0 spiro atoms. The van der Waals surface area contributed by atoms with E-state index in [2.05, 4.69) is 15.5 Å². The first-order valence-electron chi connectivity index (χ1n) is 7.58. The van der Waals surface area contributed by atoms with E-state index in [-0.39, 0.29) is 12.3 Å². The Kier molecular flexibility index (Phi) is 4.84. The van der Waals surface area contributed by atoms with Gasteiger partial charge >= 0.3 is 5.97 Å². The molecule has 1 aliphatic carbocycles. The Morgan fingerprint density at radius 1 is 1.42 bits per heavy atom. The highest BCUT2D eigenvalue weighted by molar-refractivity contribution is 8.15. The summed E-state index contributed by atoms with van der Waals surface area (Å²) in [5.74, 6) is -0.586. The van der Waals surface area contributed by atoms with Crippen molar-refractivity contribution >= 4 is 34.5 Å². The van der Waals surface area contributed by atoms with Crippen LogP contribution in [-0.2, 0) is 16.0 Å². The van der Waals surface area contributed by atoms with Gasteiger partial charge in [0.25, 0.3) is 0 Å². The van der Waals surface area contributed by atoms with Crippen LogP contribution in [-0.4, -0.2) is 40.2 Å². The first-order chi connectivity index (χ1) is 11.6. The summed E-state index contributed by atoms with van der Waals surface area (Å²) in [6.07, 6.45) is 2.55. The Morgan fingerprint density at radius 3 is 3.00 bits per heavy atom. The summed E-state index contributed by atoms with van der Waals surface area (Å²) < 4.78 is 5.26. The molecule has 0 saturated carbocycles. The van der Waals surface area contributed by atoms with Crippen LogP contribution in [0.3, 0.4) is 0 Å². The SMILES string of the molecule is COc1ccc2c(c1)C(=NN=C1NC(=O)[C@H](CC(=O)O)S1)CCC2. The molecule has 1 fully saturated rings. The lowest BCUT2D eigenvalue weighted by Crippen LogP contribution is -2.26. The maximum absolute atomic E-state index is 11.7. The van der Waals surface area contributed by atoms with Crippen LogP contribution < -0.4 is 10.1 Å². The second-order valence-electron chi connectivity index (χ2n) is 5.52. The number of hydrogen-bond donors (Lipinski definition) is 2. The Bertz CT molecular complexity index is 745. The second kappa shape index (κ2) is 7.04. The van der Waals surface area contributed by atoms with E-state index >= 15 is 0 Å². The molecule has 7 nitrogen and oxygen atoms in total. The van der Waals surface area contributed by atoms with Crippen molar-refractivity contribution < 1.29 is 19.4 Å². The largest absolute Gasteiger partial charge is 0.497 e. The molecule has 8 heteroatoms. The van der Waals surface area contributed by atoms with Gasteiger partial charge in [0.15, 0.2) is 5.17 Å². The van der Waals surface area contributed by atoms with E-state index in [4.69, 9.17) is 9.84 Å². The molecule has 0 radical (unpaired) electrons. The van der Waals surface area contributed by atoms with Crippen molar-refractivity contribution in [3.8, 4) is 5.75 Å². The number of carbonyl (C=O) groups excluding carboxylic acids is 1. The van der Waals surface area contributed by atoms with Crippen molar-refractivity contribution in [2.24, 2.45) is 10.2 Å². The van der Waals surface area contributed by atoms with E-state index in [1.807, 2.05) is 18.2 Å².